The quantitative estimate of drug-likeness (QED) is 0.156. The van der Waals surface area contributed by atoms with Crippen LogP contribution in [-0.2, 0) is 12.4 Å². The van der Waals surface area contributed by atoms with Crippen LogP contribution in [0.1, 0.15) is 11.1 Å². The molecule has 0 unspecified atom stereocenters. The molecule has 2 aromatic heterocycles. The van der Waals surface area contributed by atoms with Gasteiger partial charge in [-0.25, -0.2) is 0 Å². The van der Waals surface area contributed by atoms with Crippen molar-refractivity contribution in [3.8, 4) is 0 Å². The van der Waals surface area contributed by atoms with E-state index in [1.165, 1.54) is 12.1 Å². The molecule has 0 radical (unpaired) electrons. The molecule has 0 bridgehead atoms. The van der Waals surface area contributed by atoms with Crippen molar-refractivity contribution in [2.24, 2.45) is 0 Å². The lowest BCUT2D eigenvalue weighted by atomic mass is 10.0. The maximum atomic E-state index is 13.8. The van der Waals surface area contributed by atoms with Gasteiger partial charge in [-0.15, -0.1) is 0 Å². The molecule has 2 heterocycles. The zero-order valence-electron chi connectivity index (χ0n) is 32.3. The van der Waals surface area contributed by atoms with Crippen LogP contribution < -0.4 is 9.80 Å². The number of nitrogens with zero attached hydrogens (tertiary/aromatic N) is 2. The molecule has 0 aliphatic rings. The van der Waals surface area contributed by atoms with E-state index >= 15 is 0 Å². The Morgan fingerprint density at radius 3 is 1.31 bits per heavy atom. The van der Waals surface area contributed by atoms with Crippen LogP contribution >= 0.6 is 0 Å². The largest absolute Gasteiger partial charge is 0.456 e. The van der Waals surface area contributed by atoms with Gasteiger partial charge in [0.05, 0.1) is 16.5 Å². The highest BCUT2D eigenvalue weighted by Crippen LogP contribution is 2.45. The van der Waals surface area contributed by atoms with Crippen LogP contribution in [0.5, 0.6) is 0 Å². The number of hydrogen-bond acceptors (Lipinski definition) is 4. The zero-order valence-corrected chi connectivity index (χ0v) is 32.3. The van der Waals surface area contributed by atoms with E-state index in [0.29, 0.717) is 56.5 Å². The van der Waals surface area contributed by atoms with Gasteiger partial charge in [-0.3, -0.25) is 0 Å². The summed E-state index contributed by atoms with van der Waals surface area (Å²) in [6, 6.07) is 52.6. The minimum Gasteiger partial charge on any atom is -0.456 e. The summed E-state index contributed by atoms with van der Waals surface area (Å²) in [6.45, 7) is 0. The molecule has 11 aromatic rings. The van der Waals surface area contributed by atoms with Crippen molar-refractivity contribution in [2.45, 2.75) is 12.4 Å². The standard InChI is InChI=1S/C52H30F6N2O2/c53-51(54,55)35-9-7-15-39(29-35)59(37-11-3-1-4-12-37)41-19-17-31-25-44-43-21-22-46-49(50(43)62-47(44)27-33(31)23-41)45-26-32-18-20-42(24-34(32)28-48(45)61-46)60(38-13-5-2-6-14-38)40-16-8-10-36(30-40)52(56,57)58/h1-30H. The molecule has 0 saturated heterocycles. The van der Waals surface area contributed by atoms with Crippen molar-refractivity contribution in [3.63, 3.8) is 0 Å². The number of anilines is 6. The number of fused-ring (bicyclic) bond motifs is 9. The molecular formula is C52H30F6N2O2. The molecule has 0 aliphatic carbocycles. The van der Waals surface area contributed by atoms with Crippen molar-refractivity contribution in [1.29, 1.82) is 0 Å². The lowest BCUT2D eigenvalue weighted by Gasteiger charge is -2.26. The molecule has 9 aromatic carbocycles. The highest BCUT2D eigenvalue weighted by Gasteiger charge is 2.32. The van der Waals surface area contributed by atoms with Gasteiger partial charge in [0.2, 0.25) is 0 Å². The normalized spacial score (nSPS) is 12.4. The van der Waals surface area contributed by atoms with E-state index in [1.54, 1.807) is 21.9 Å². The predicted molar refractivity (Wildman–Crippen MR) is 235 cm³/mol. The Morgan fingerprint density at radius 1 is 0.323 bits per heavy atom. The van der Waals surface area contributed by atoms with Gasteiger partial charge in [-0.05, 0) is 143 Å². The van der Waals surface area contributed by atoms with Crippen molar-refractivity contribution in [2.75, 3.05) is 9.80 Å². The molecule has 0 aliphatic heterocycles. The van der Waals surface area contributed by atoms with Crippen molar-refractivity contribution >= 4 is 99.5 Å². The number of hydrogen-bond donors (Lipinski definition) is 0. The van der Waals surface area contributed by atoms with E-state index in [9.17, 15) is 26.3 Å². The fourth-order valence-corrected chi connectivity index (χ4v) is 8.52. The van der Waals surface area contributed by atoms with Gasteiger partial charge >= 0.3 is 12.4 Å². The van der Waals surface area contributed by atoms with E-state index in [4.69, 9.17) is 8.83 Å². The molecule has 11 rings (SSSR count). The summed E-state index contributed by atoms with van der Waals surface area (Å²) in [5.74, 6) is 0. The maximum absolute atomic E-state index is 13.8. The molecule has 4 nitrogen and oxygen atoms in total. The second kappa shape index (κ2) is 13.9. The van der Waals surface area contributed by atoms with Crippen LogP contribution in [0.2, 0.25) is 0 Å². The average Bonchev–Trinajstić information content (AvgIpc) is 3.82. The number of rotatable bonds is 6. The summed E-state index contributed by atoms with van der Waals surface area (Å²) in [6.07, 6.45) is -9.00. The fraction of sp³-hybridized carbons (Fsp3) is 0.0385. The molecule has 0 spiro atoms. The van der Waals surface area contributed by atoms with Crippen LogP contribution in [-0.4, -0.2) is 0 Å². The number of alkyl halides is 6. The van der Waals surface area contributed by atoms with Gasteiger partial charge in [0.25, 0.3) is 0 Å². The maximum Gasteiger partial charge on any atom is 0.416 e. The second-order valence-corrected chi connectivity index (χ2v) is 15.2. The minimum atomic E-state index is -4.50. The smallest absolute Gasteiger partial charge is 0.416 e. The Morgan fingerprint density at radius 2 is 0.790 bits per heavy atom. The van der Waals surface area contributed by atoms with Gasteiger partial charge in [0, 0.05) is 50.3 Å². The first-order chi connectivity index (χ1) is 30.0. The topological polar surface area (TPSA) is 32.8 Å². The van der Waals surface area contributed by atoms with Gasteiger partial charge in [-0.2, -0.15) is 26.3 Å². The van der Waals surface area contributed by atoms with Crippen molar-refractivity contribution < 1.29 is 35.2 Å². The highest BCUT2D eigenvalue weighted by molar-refractivity contribution is 6.24. The molecule has 302 valence electrons. The molecule has 0 N–H and O–H groups in total. The average molecular weight is 829 g/mol. The number of furan rings is 2. The van der Waals surface area contributed by atoms with Crippen LogP contribution in [0.4, 0.5) is 60.5 Å². The molecule has 0 fully saturated rings. The monoisotopic (exact) mass is 828 g/mol. The van der Waals surface area contributed by atoms with Crippen LogP contribution in [0.25, 0.3) is 65.4 Å². The van der Waals surface area contributed by atoms with Gasteiger partial charge in [0.15, 0.2) is 0 Å². The van der Waals surface area contributed by atoms with Crippen molar-refractivity contribution in [3.05, 3.63) is 193 Å². The summed E-state index contributed by atoms with van der Waals surface area (Å²) < 4.78 is 96.1. The Labute approximate surface area is 349 Å². The van der Waals surface area contributed by atoms with E-state index in [1.807, 2.05) is 127 Å². The highest BCUT2D eigenvalue weighted by atomic mass is 19.4. The van der Waals surface area contributed by atoms with E-state index < -0.39 is 23.5 Å². The number of para-hydroxylation sites is 2. The van der Waals surface area contributed by atoms with E-state index in [0.717, 1.165) is 67.4 Å². The van der Waals surface area contributed by atoms with Gasteiger partial charge in [-0.1, -0.05) is 60.7 Å². The van der Waals surface area contributed by atoms with Crippen LogP contribution in [0, 0.1) is 0 Å². The van der Waals surface area contributed by atoms with E-state index in [-0.39, 0.29) is 0 Å². The van der Waals surface area contributed by atoms with Gasteiger partial charge < -0.3 is 18.6 Å². The first-order valence-corrected chi connectivity index (χ1v) is 19.7. The summed E-state index contributed by atoms with van der Waals surface area (Å²) in [5.41, 5.74) is 4.57. The van der Waals surface area contributed by atoms with Crippen LogP contribution in [0.3, 0.4) is 0 Å². The SMILES string of the molecule is FC(F)(F)c1cccc(N(c2ccccc2)c2ccc3cc4c(cc3c2)oc2c4ccc3oc4cc5cc(N(c6ccccc6)c6cccc(C(F)(F)F)c6)ccc5cc4c32)c1. The zero-order chi connectivity index (χ0) is 42.3. The third-order valence-electron chi connectivity index (χ3n) is 11.4. The second-order valence-electron chi connectivity index (χ2n) is 15.2. The van der Waals surface area contributed by atoms with Gasteiger partial charge in [0.1, 0.15) is 22.3 Å². The predicted octanol–water partition coefficient (Wildman–Crippen LogP) is 16.8. The van der Waals surface area contributed by atoms with Crippen LogP contribution in [0.15, 0.2) is 191 Å². The number of halogens is 6. The molecule has 10 heteroatoms. The summed E-state index contributed by atoms with van der Waals surface area (Å²) in [5, 5.41) is 6.94. The first-order valence-electron chi connectivity index (χ1n) is 19.7. The molecule has 0 saturated carbocycles. The Hall–Kier alpha value is -7.72. The molecule has 0 amide bonds. The summed E-state index contributed by atoms with van der Waals surface area (Å²) in [7, 11) is 0. The minimum absolute atomic E-state index is 0.371. The molecular weight excluding hydrogens is 799 g/mol. The lowest BCUT2D eigenvalue weighted by Crippen LogP contribution is -2.12. The fourth-order valence-electron chi connectivity index (χ4n) is 8.52. The molecule has 62 heavy (non-hydrogen) atoms. The summed E-state index contributed by atoms with van der Waals surface area (Å²) in [4.78, 5) is 3.60. The molecule has 0 atom stereocenters. The Bertz CT molecular complexity index is 3520. The lowest BCUT2D eigenvalue weighted by molar-refractivity contribution is -0.138. The Balaban J connectivity index is 1.02. The van der Waals surface area contributed by atoms with Crippen molar-refractivity contribution in [1.82, 2.24) is 0 Å². The van der Waals surface area contributed by atoms with E-state index in [2.05, 4.69) is 6.07 Å². The first kappa shape index (κ1) is 37.3. The number of benzene rings is 9. The summed E-state index contributed by atoms with van der Waals surface area (Å²) >= 11 is 0. The third-order valence-corrected chi connectivity index (χ3v) is 11.4. The Kier molecular flexibility index (Phi) is 8.37. The third kappa shape index (κ3) is 6.34.